The lowest BCUT2D eigenvalue weighted by Crippen LogP contribution is -2.15. The van der Waals surface area contributed by atoms with Gasteiger partial charge in [0, 0.05) is 18.1 Å². The minimum absolute atomic E-state index is 0.0280. The molecular weight excluding hydrogens is 516 g/mol. The van der Waals surface area contributed by atoms with Crippen LogP contribution >= 0.6 is 0 Å². The van der Waals surface area contributed by atoms with Crippen LogP contribution < -0.4 is 10.1 Å². The van der Waals surface area contributed by atoms with E-state index in [0.29, 0.717) is 30.9 Å². The molecule has 0 spiro atoms. The number of carboxylic acids is 1. The smallest absolute Gasteiger partial charge is 0.337 e. The lowest BCUT2D eigenvalue weighted by molar-refractivity contribution is 0.0698. The molecule has 7 heteroatoms. The summed E-state index contributed by atoms with van der Waals surface area (Å²) in [5.41, 5.74) is 4.87. The summed E-state index contributed by atoms with van der Waals surface area (Å²) in [6.07, 6.45) is 2.23. The highest BCUT2D eigenvalue weighted by atomic mass is 16.6. The molecule has 210 valence electrons. The van der Waals surface area contributed by atoms with Crippen LogP contribution in [0, 0.1) is 0 Å². The van der Waals surface area contributed by atoms with Gasteiger partial charge in [-0.15, -0.1) is 0 Å². The predicted molar refractivity (Wildman–Crippen MR) is 162 cm³/mol. The molecule has 0 radical (unpaired) electrons. The van der Waals surface area contributed by atoms with Crippen molar-refractivity contribution < 1.29 is 24.3 Å². The van der Waals surface area contributed by atoms with Crippen LogP contribution in [0.3, 0.4) is 0 Å². The van der Waals surface area contributed by atoms with Crippen molar-refractivity contribution >= 4 is 23.8 Å². The van der Waals surface area contributed by atoms with Crippen LogP contribution in [0.25, 0.3) is 11.1 Å². The second-order valence-corrected chi connectivity index (χ2v) is 10.6. The molecule has 0 aliphatic rings. The zero-order chi connectivity index (χ0) is 29.2. The molecular formula is C34H34N2O5. The molecule has 4 aromatic carbocycles. The first kappa shape index (κ1) is 29.1. The number of hydrogen-bond acceptors (Lipinski definition) is 5. The maximum atomic E-state index is 12.9. The fourth-order valence-electron chi connectivity index (χ4n) is 4.08. The van der Waals surface area contributed by atoms with Gasteiger partial charge in [-0.25, -0.2) is 4.79 Å². The quantitative estimate of drug-likeness (QED) is 0.115. The third-order valence-corrected chi connectivity index (χ3v) is 6.43. The maximum absolute atomic E-state index is 12.9. The van der Waals surface area contributed by atoms with E-state index in [4.69, 9.17) is 9.57 Å². The van der Waals surface area contributed by atoms with Crippen molar-refractivity contribution in [1.82, 2.24) is 0 Å². The van der Waals surface area contributed by atoms with E-state index in [1.54, 1.807) is 24.4 Å². The summed E-state index contributed by atoms with van der Waals surface area (Å²) in [6, 6.07) is 29.6. The second kappa shape index (κ2) is 13.4. The lowest BCUT2D eigenvalue weighted by atomic mass is 9.87. The van der Waals surface area contributed by atoms with Crippen molar-refractivity contribution in [2.45, 2.75) is 32.6 Å². The van der Waals surface area contributed by atoms with Gasteiger partial charge in [0.05, 0.1) is 24.1 Å². The minimum atomic E-state index is -1.15. The average molecular weight is 551 g/mol. The Hall–Kier alpha value is -4.91. The zero-order valence-corrected chi connectivity index (χ0v) is 23.5. The average Bonchev–Trinajstić information content (AvgIpc) is 2.97. The molecule has 0 saturated carbocycles. The minimum Gasteiger partial charge on any atom is -0.493 e. The number of carbonyl (C=O) groups excluding carboxylic acids is 1. The van der Waals surface area contributed by atoms with Gasteiger partial charge in [-0.2, -0.15) is 0 Å². The molecule has 0 bridgehead atoms. The third kappa shape index (κ3) is 8.29. The Labute approximate surface area is 240 Å². The monoisotopic (exact) mass is 550 g/mol. The summed E-state index contributed by atoms with van der Waals surface area (Å²) in [6.45, 7) is 7.20. The highest BCUT2D eigenvalue weighted by Gasteiger charge is 2.15. The normalized spacial score (nSPS) is 11.3. The first-order valence-electron chi connectivity index (χ1n) is 13.4. The molecule has 0 fully saturated rings. The molecule has 0 unspecified atom stereocenters. The first-order valence-corrected chi connectivity index (χ1v) is 13.4. The van der Waals surface area contributed by atoms with Gasteiger partial charge < -0.3 is 20.0 Å². The standard InChI is InChI=1S/C34H34N2O5/c1-34(2,3)28-16-10-24(11-17-28)23-35-41-21-7-20-40-29-18-19-30(33(38)39)31(22-29)36-32(37)27-14-12-26(13-15-27)25-8-5-4-6-9-25/h4-6,8-19,22-23H,7,20-21H2,1-3H3,(H,36,37)(H,38,39)/b35-23+. The van der Waals surface area contributed by atoms with Gasteiger partial charge >= 0.3 is 5.97 Å². The Balaban J connectivity index is 1.28. The van der Waals surface area contributed by atoms with Gasteiger partial charge in [-0.3, -0.25) is 4.79 Å². The molecule has 0 aromatic heterocycles. The van der Waals surface area contributed by atoms with Crippen LogP contribution in [0.15, 0.2) is 102 Å². The first-order chi connectivity index (χ1) is 19.7. The zero-order valence-electron chi connectivity index (χ0n) is 23.5. The lowest BCUT2D eigenvalue weighted by Gasteiger charge is -2.18. The van der Waals surface area contributed by atoms with E-state index in [1.165, 1.54) is 17.7 Å². The Morgan fingerprint density at radius 3 is 2.20 bits per heavy atom. The molecule has 0 aliphatic heterocycles. The van der Waals surface area contributed by atoms with Gasteiger partial charge in [-0.05, 0) is 51.9 Å². The molecule has 0 atom stereocenters. The van der Waals surface area contributed by atoms with E-state index in [9.17, 15) is 14.7 Å². The fraction of sp³-hybridized carbons (Fsp3) is 0.206. The maximum Gasteiger partial charge on any atom is 0.337 e. The van der Waals surface area contributed by atoms with Crippen molar-refractivity contribution in [2.24, 2.45) is 5.16 Å². The number of carboxylic acid groups (broad SMARTS) is 1. The number of amides is 1. The molecule has 2 N–H and O–H groups in total. The van der Waals surface area contributed by atoms with Gasteiger partial charge in [0.25, 0.3) is 5.91 Å². The van der Waals surface area contributed by atoms with Gasteiger partial charge in [0.1, 0.15) is 12.4 Å². The largest absolute Gasteiger partial charge is 0.493 e. The predicted octanol–water partition coefficient (Wildman–Crippen LogP) is 7.42. The molecule has 0 heterocycles. The summed E-state index contributed by atoms with van der Waals surface area (Å²) >= 11 is 0. The van der Waals surface area contributed by atoms with Crippen LogP contribution in [0.2, 0.25) is 0 Å². The summed E-state index contributed by atoms with van der Waals surface area (Å²) in [7, 11) is 0. The van der Waals surface area contributed by atoms with E-state index in [2.05, 4.69) is 43.4 Å². The van der Waals surface area contributed by atoms with E-state index < -0.39 is 11.9 Å². The van der Waals surface area contributed by atoms with Crippen molar-refractivity contribution in [3.8, 4) is 16.9 Å². The number of oxime groups is 1. The summed E-state index contributed by atoms with van der Waals surface area (Å²) in [5, 5.41) is 16.3. The summed E-state index contributed by atoms with van der Waals surface area (Å²) in [4.78, 5) is 30.0. The highest BCUT2D eigenvalue weighted by Crippen LogP contribution is 2.25. The van der Waals surface area contributed by atoms with Gasteiger partial charge in [0.2, 0.25) is 0 Å². The molecule has 0 aliphatic carbocycles. The number of rotatable bonds is 11. The van der Waals surface area contributed by atoms with Gasteiger partial charge in [-0.1, -0.05) is 92.7 Å². The van der Waals surface area contributed by atoms with E-state index in [0.717, 1.165) is 16.7 Å². The van der Waals surface area contributed by atoms with Crippen molar-refractivity contribution in [3.63, 3.8) is 0 Å². The Kier molecular flexibility index (Phi) is 9.53. The van der Waals surface area contributed by atoms with Crippen molar-refractivity contribution in [3.05, 3.63) is 119 Å². The molecule has 0 saturated heterocycles. The number of anilines is 1. The third-order valence-electron chi connectivity index (χ3n) is 6.43. The molecule has 4 aromatic rings. The van der Waals surface area contributed by atoms with E-state index in [-0.39, 0.29) is 16.7 Å². The fourth-order valence-corrected chi connectivity index (χ4v) is 4.08. The Morgan fingerprint density at radius 2 is 1.54 bits per heavy atom. The molecule has 4 rings (SSSR count). The van der Waals surface area contributed by atoms with E-state index in [1.807, 2.05) is 54.6 Å². The van der Waals surface area contributed by atoms with Crippen LogP contribution in [0.1, 0.15) is 59.0 Å². The topological polar surface area (TPSA) is 97.2 Å². The summed E-state index contributed by atoms with van der Waals surface area (Å²) in [5.74, 6) is -1.12. The van der Waals surface area contributed by atoms with Crippen molar-refractivity contribution in [1.29, 1.82) is 0 Å². The van der Waals surface area contributed by atoms with Crippen molar-refractivity contribution in [2.75, 3.05) is 18.5 Å². The highest BCUT2D eigenvalue weighted by molar-refractivity contribution is 6.08. The Bertz CT molecular complexity index is 1490. The SMILES string of the molecule is CC(C)(C)c1ccc(/C=N/OCCCOc2ccc(C(=O)O)c(NC(=O)c3ccc(-c4ccccc4)cc3)c2)cc1. The summed E-state index contributed by atoms with van der Waals surface area (Å²) < 4.78 is 5.77. The number of carbonyl (C=O) groups is 2. The number of nitrogens with zero attached hydrogens (tertiary/aromatic N) is 1. The number of ether oxygens (including phenoxy) is 1. The number of hydrogen-bond donors (Lipinski definition) is 2. The van der Waals surface area contributed by atoms with Crippen LogP contribution in [-0.4, -0.2) is 36.4 Å². The van der Waals surface area contributed by atoms with Crippen LogP contribution in [0.4, 0.5) is 5.69 Å². The van der Waals surface area contributed by atoms with Crippen LogP contribution in [-0.2, 0) is 10.3 Å². The molecule has 1 amide bonds. The number of benzene rings is 4. The molecule has 41 heavy (non-hydrogen) atoms. The van der Waals surface area contributed by atoms with Crippen LogP contribution in [0.5, 0.6) is 5.75 Å². The number of nitrogens with one attached hydrogen (secondary N) is 1. The number of aromatic carboxylic acids is 1. The Morgan fingerprint density at radius 1 is 0.854 bits per heavy atom. The van der Waals surface area contributed by atoms with Gasteiger partial charge in [0.15, 0.2) is 0 Å². The second-order valence-electron chi connectivity index (χ2n) is 10.6. The molecule has 7 nitrogen and oxygen atoms in total. The van der Waals surface area contributed by atoms with E-state index >= 15 is 0 Å².